The summed E-state index contributed by atoms with van der Waals surface area (Å²) in [5.74, 6) is 0. The van der Waals surface area contributed by atoms with E-state index in [1.165, 1.54) is 12.8 Å². The first kappa shape index (κ1) is 14.9. The molecule has 17 heavy (non-hydrogen) atoms. The summed E-state index contributed by atoms with van der Waals surface area (Å²) in [6.45, 7) is 4.54. The third kappa shape index (κ3) is 5.82. The van der Waals surface area contributed by atoms with Crippen LogP contribution in [0.15, 0.2) is 0 Å². The van der Waals surface area contributed by atoms with Crippen LogP contribution < -0.4 is 5.32 Å². The average molecular weight is 245 g/mol. The lowest BCUT2D eigenvalue weighted by atomic mass is 9.97. The maximum atomic E-state index is 9.22. The van der Waals surface area contributed by atoms with Crippen molar-refractivity contribution in [3.63, 3.8) is 0 Å². The van der Waals surface area contributed by atoms with Crippen molar-refractivity contribution in [1.82, 2.24) is 5.32 Å². The molecule has 0 aliphatic carbocycles. The van der Waals surface area contributed by atoms with Crippen LogP contribution in [-0.4, -0.2) is 50.2 Å². The summed E-state index contributed by atoms with van der Waals surface area (Å²) >= 11 is 0. The fourth-order valence-corrected chi connectivity index (χ4v) is 2.00. The zero-order valence-corrected chi connectivity index (χ0v) is 11.2. The van der Waals surface area contributed by atoms with Crippen molar-refractivity contribution in [3.05, 3.63) is 0 Å². The first-order chi connectivity index (χ1) is 8.20. The van der Waals surface area contributed by atoms with Crippen molar-refractivity contribution in [2.45, 2.75) is 50.7 Å². The second-order valence-corrected chi connectivity index (χ2v) is 5.14. The quantitative estimate of drug-likeness (QED) is 0.633. The predicted molar refractivity (Wildman–Crippen MR) is 68.2 cm³/mol. The third-order valence-corrected chi connectivity index (χ3v) is 3.55. The molecule has 2 unspecified atom stereocenters. The van der Waals surface area contributed by atoms with Crippen LogP contribution in [-0.2, 0) is 9.47 Å². The van der Waals surface area contributed by atoms with Gasteiger partial charge in [0.05, 0.1) is 19.3 Å². The molecule has 0 aromatic heterocycles. The molecule has 0 saturated carbocycles. The number of ether oxygens (including phenoxy) is 2. The van der Waals surface area contributed by atoms with Crippen molar-refractivity contribution >= 4 is 0 Å². The van der Waals surface area contributed by atoms with Crippen molar-refractivity contribution in [3.8, 4) is 0 Å². The Morgan fingerprint density at radius 1 is 1.47 bits per heavy atom. The predicted octanol–water partition coefficient (Wildman–Crippen LogP) is 1.32. The number of aliphatic hydroxyl groups is 1. The smallest absolute Gasteiger partial charge is 0.0808 e. The van der Waals surface area contributed by atoms with Crippen LogP contribution >= 0.6 is 0 Å². The summed E-state index contributed by atoms with van der Waals surface area (Å²) in [6, 6.07) is 0. The number of hydrogen-bond acceptors (Lipinski definition) is 4. The van der Waals surface area contributed by atoms with Crippen LogP contribution in [0.25, 0.3) is 0 Å². The van der Waals surface area contributed by atoms with Crippen LogP contribution in [0, 0.1) is 0 Å². The lowest BCUT2D eigenvalue weighted by molar-refractivity contribution is -0.0418. The molecular weight excluding hydrogens is 218 g/mol. The highest BCUT2D eigenvalue weighted by molar-refractivity contribution is 4.79. The molecule has 0 aromatic rings. The maximum absolute atomic E-state index is 9.22. The Hall–Kier alpha value is -0.160. The van der Waals surface area contributed by atoms with E-state index >= 15 is 0 Å². The van der Waals surface area contributed by atoms with Crippen LogP contribution in [0.5, 0.6) is 0 Å². The zero-order chi connectivity index (χ0) is 12.6. The van der Waals surface area contributed by atoms with Gasteiger partial charge in [0, 0.05) is 18.8 Å². The number of nitrogens with one attached hydrogen (secondary N) is 1. The molecule has 2 atom stereocenters. The van der Waals surface area contributed by atoms with E-state index < -0.39 is 0 Å². The van der Waals surface area contributed by atoms with E-state index in [9.17, 15) is 5.11 Å². The van der Waals surface area contributed by atoms with Gasteiger partial charge >= 0.3 is 0 Å². The monoisotopic (exact) mass is 245 g/mol. The average Bonchev–Trinajstić information content (AvgIpc) is 2.39. The molecule has 102 valence electrons. The summed E-state index contributed by atoms with van der Waals surface area (Å²) in [7, 11) is 1.88. The van der Waals surface area contributed by atoms with Gasteiger partial charge < -0.3 is 19.9 Å². The Labute approximate surface area is 105 Å². The molecule has 1 aliphatic rings. The minimum absolute atomic E-state index is 0.162. The van der Waals surface area contributed by atoms with E-state index in [2.05, 4.69) is 5.32 Å². The van der Waals surface area contributed by atoms with E-state index in [0.29, 0.717) is 6.10 Å². The lowest BCUT2D eigenvalue weighted by Crippen LogP contribution is -2.43. The van der Waals surface area contributed by atoms with Crippen LogP contribution in [0.1, 0.15) is 39.0 Å². The molecule has 1 rings (SSSR count). The molecule has 1 aliphatic heterocycles. The molecule has 1 heterocycles. The summed E-state index contributed by atoms with van der Waals surface area (Å²) in [4.78, 5) is 0. The Morgan fingerprint density at radius 2 is 2.29 bits per heavy atom. The molecule has 0 radical (unpaired) electrons. The third-order valence-electron chi connectivity index (χ3n) is 3.55. The zero-order valence-electron chi connectivity index (χ0n) is 11.2. The normalized spacial score (nSPS) is 24.5. The Balaban J connectivity index is 2.00. The van der Waals surface area contributed by atoms with Crippen LogP contribution in [0.4, 0.5) is 0 Å². The highest BCUT2D eigenvalue weighted by Gasteiger charge is 2.20. The highest BCUT2D eigenvalue weighted by atomic mass is 16.5. The molecule has 4 nitrogen and oxygen atoms in total. The van der Waals surface area contributed by atoms with E-state index in [-0.39, 0.29) is 12.1 Å². The lowest BCUT2D eigenvalue weighted by Gasteiger charge is -2.27. The first-order valence-electron chi connectivity index (χ1n) is 6.69. The molecular formula is C13H27NO3. The molecule has 0 aromatic carbocycles. The molecule has 2 N–H and O–H groups in total. The van der Waals surface area contributed by atoms with E-state index in [4.69, 9.17) is 9.47 Å². The van der Waals surface area contributed by atoms with E-state index in [1.807, 2.05) is 14.0 Å². The number of hydrogen-bond donors (Lipinski definition) is 2. The molecule has 1 saturated heterocycles. The van der Waals surface area contributed by atoms with Gasteiger partial charge in [0.15, 0.2) is 0 Å². The van der Waals surface area contributed by atoms with Gasteiger partial charge in [-0.05, 0) is 46.1 Å². The fraction of sp³-hybridized carbons (Fsp3) is 1.00. The topological polar surface area (TPSA) is 50.7 Å². The SMILES string of the molecule is CNC(C)(CO)CCCOCC1CCCCO1. The van der Waals surface area contributed by atoms with Gasteiger partial charge in [-0.1, -0.05) is 0 Å². The number of aliphatic hydroxyl groups excluding tert-OH is 1. The highest BCUT2D eigenvalue weighted by Crippen LogP contribution is 2.14. The Kier molecular flexibility index (Phi) is 7.04. The van der Waals surface area contributed by atoms with Crippen molar-refractivity contribution in [2.75, 3.05) is 33.5 Å². The Bertz CT molecular complexity index is 189. The van der Waals surface area contributed by atoms with E-state index in [0.717, 1.165) is 39.1 Å². The van der Waals surface area contributed by atoms with Gasteiger partial charge in [0.25, 0.3) is 0 Å². The second-order valence-electron chi connectivity index (χ2n) is 5.14. The summed E-state index contributed by atoms with van der Waals surface area (Å²) in [5, 5.41) is 12.4. The van der Waals surface area contributed by atoms with Gasteiger partial charge in [-0.15, -0.1) is 0 Å². The Morgan fingerprint density at radius 3 is 2.88 bits per heavy atom. The second kappa shape index (κ2) is 8.03. The van der Waals surface area contributed by atoms with Gasteiger partial charge in [0.1, 0.15) is 0 Å². The maximum Gasteiger partial charge on any atom is 0.0808 e. The van der Waals surface area contributed by atoms with Crippen molar-refractivity contribution < 1.29 is 14.6 Å². The molecule has 1 fully saturated rings. The van der Waals surface area contributed by atoms with Gasteiger partial charge in [-0.25, -0.2) is 0 Å². The first-order valence-corrected chi connectivity index (χ1v) is 6.69. The summed E-state index contributed by atoms with van der Waals surface area (Å²) < 4.78 is 11.2. The van der Waals surface area contributed by atoms with Crippen LogP contribution in [0.2, 0.25) is 0 Å². The fourth-order valence-electron chi connectivity index (χ4n) is 2.00. The summed E-state index contributed by atoms with van der Waals surface area (Å²) in [5.41, 5.74) is -0.176. The minimum Gasteiger partial charge on any atom is -0.394 e. The van der Waals surface area contributed by atoms with Crippen molar-refractivity contribution in [1.29, 1.82) is 0 Å². The molecule has 0 spiro atoms. The number of likely N-dealkylation sites (N-methyl/N-ethyl adjacent to an activating group) is 1. The minimum atomic E-state index is -0.176. The standard InChI is InChI=1S/C13H27NO3/c1-13(11-15,14-2)7-5-8-16-10-12-6-3-4-9-17-12/h12,14-15H,3-11H2,1-2H3. The molecule has 0 bridgehead atoms. The number of rotatable bonds is 8. The van der Waals surface area contributed by atoms with Gasteiger partial charge in [0.2, 0.25) is 0 Å². The molecule has 4 heteroatoms. The summed E-state index contributed by atoms with van der Waals surface area (Å²) in [6.07, 6.45) is 5.77. The van der Waals surface area contributed by atoms with Crippen molar-refractivity contribution in [2.24, 2.45) is 0 Å². The van der Waals surface area contributed by atoms with Gasteiger partial charge in [-0.3, -0.25) is 0 Å². The van der Waals surface area contributed by atoms with Crippen LogP contribution in [0.3, 0.4) is 0 Å². The molecule has 0 amide bonds. The van der Waals surface area contributed by atoms with E-state index in [1.54, 1.807) is 0 Å². The largest absolute Gasteiger partial charge is 0.394 e. The van der Waals surface area contributed by atoms with Gasteiger partial charge in [-0.2, -0.15) is 0 Å².